The molecule has 26 heavy (non-hydrogen) atoms. The number of hydrogen-bond acceptors (Lipinski definition) is 2. The summed E-state index contributed by atoms with van der Waals surface area (Å²) < 4.78 is 32.4. The Morgan fingerprint density at radius 2 is 1.69 bits per heavy atom. The van der Waals surface area contributed by atoms with Crippen LogP contribution in [0.1, 0.15) is 29.5 Å². The smallest absolute Gasteiger partial charge is 0.250 e. The van der Waals surface area contributed by atoms with Crippen molar-refractivity contribution in [3.05, 3.63) is 65.2 Å². The molecule has 138 valence electrons. The van der Waals surface area contributed by atoms with E-state index in [-0.39, 0.29) is 5.91 Å². The lowest BCUT2D eigenvalue weighted by Gasteiger charge is -2.46. The molecule has 0 saturated heterocycles. The lowest BCUT2D eigenvalue weighted by Crippen LogP contribution is -2.58. The average Bonchev–Trinajstić information content (AvgIpc) is 2.60. The molecule has 3 rings (SSSR count). The summed E-state index contributed by atoms with van der Waals surface area (Å²) in [5, 5.41) is 2.85. The quantitative estimate of drug-likeness (QED) is 0.846. The zero-order valence-corrected chi connectivity index (χ0v) is 15.0. The number of carbonyl (C=O) groups is 1. The Hall–Kier alpha value is -2.43. The maximum atomic E-state index is 13.6. The van der Waals surface area contributed by atoms with Crippen molar-refractivity contribution < 1.29 is 18.3 Å². The molecule has 0 unspecified atom stereocenters. The molecule has 1 N–H and O–H groups in total. The number of ether oxygens (including phenoxy) is 1. The SMILES string of the molecule is COc1ccc(CCNC(=O)C2(c3ccc(C)cc3)CC(F)(F)C2)cc1. The number of alkyl halides is 2. The van der Waals surface area contributed by atoms with Crippen molar-refractivity contribution >= 4 is 5.91 Å². The normalized spacial score (nSPS) is 17.2. The van der Waals surface area contributed by atoms with Crippen molar-refractivity contribution in [2.75, 3.05) is 13.7 Å². The number of rotatable bonds is 6. The van der Waals surface area contributed by atoms with Crippen molar-refractivity contribution in [2.24, 2.45) is 0 Å². The lowest BCUT2D eigenvalue weighted by molar-refractivity contribution is -0.158. The number of amides is 1. The molecule has 0 bridgehead atoms. The third kappa shape index (κ3) is 3.71. The van der Waals surface area contributed by atoms with Crippen molar-refractivity contribution in [2.45, 2.75) is 37.5 Å². The van der Waals surface area contributed by atoms with Crippen LogP contribution in [0, 0.1) is 6.92 Å². The molecule has 0 aromatic heterocycles. The number of halogens is 2. The van der Waals surface area contributed by atoms with Crippen LogP contribution in [0.2, 0.25) is 0 Å². The van der Waals surface area contributed by atoms with Crippen molar-refractivity contribution in [1.29, 1.82) is 0 Å². The van der Waals surface area contributed by atoms with Crippen LogP contribution in [0.4, 0.5) is 8.78 Å². The second-order valence-electron chi connectivity index (χ2n) is 7.01. The van der Waals surface area contributed by atoms with Crippen molar-refractivity contribution in [3.63, 3.8) is 0 Å². The van der Waals surface area contributed by atoms with Gasteiger partial charge in [0.25, 0.3) is 5.92 Å². The van der Waals surface area contributed by atoms with E-state index in [1.165, 1.54) is 0 Å². The van der Waals surface area contributed by atoms with E-state index in [9.17, 15) is 13.6 Å². The number of carbonyl (C=O) groups excluding carboxylic acids is 1. The minimum Gasteiger partial charge on any atom is -0.497 e. The number of methoxy groups -OCH3 is 1. The molecule has 1 fully saturated rings. The van der Waals surface area contributed by atoms with Crippen LogP contribution < -0.4 is 10.1 Å². The maximum Gasteiger partial charge on any atom is 0.250 e. The molecule has 1 amide bonds. The van der Waals surface area contributed by atoms with E-state index in [0.717, 1.165) is 16.9 Å². The summed E-state index contributed by atoms with van der Waals surface area (Å²) in [6.45, 7) is 2.34. The van der Waals surface area contributed by atoms with Gasteiger partial charge in [-0.3, -0.25) is 4.79 Å². The highest BCUT2D eigenvalue weighted by atomic mass is 19.3. The van der Waals surface area contributed by atoms with E-state index in [1.54, 1.807) is 19.2 Å². The number of hydrogen-bond donors (Lipinski definition) is 1. The monoisotopic (exact) mass is 359 g/mol. The van der Waals surface area contributed by atoms with Gasteiger partial charge >= 0.3 is 0 Å². The minimum absolute atomic E-state index is 0.319. The summed E-state index contributed by atoms with van der Waals surface area (Å²) in [5.41, 5.74) is 1.62. The topological polar surface area (TPSA) is 38.3 Å². The number of nitrogens with one attached hydrogen (secondary N) is 1. The highest BCUT2D eigenvalue weighted by Gasteiger charge is 2.61. The van der Waals surface area contributed by atoms with E-state index in [4.69, 9.17) is 4.74 Å². The summed E-state index contributed by atoms with van der Waals surface area (Å²) in [5.74, 6) is -2.33. The molecule has 0 aliphatic heterocycles. The zero-order valence-electron chi connectivity index (χ0n) is 15.0. The van der Waals surface area contributed by atoms with Crippen LogP contribution in [-0.2, 0) is 16.6 Å². The van der Waals surface area contributed by atoms with E-state index < -0.39 is 24.2 Å². The fourth-order valence-electron chi connectivity index (χ4n) is 3.48. The molecule has 0 radical (unpaired) electrons. The van der Waals surface area contributed by atoms with Gasteiger partial charge in [-0.15, -0.1) is 0 Å². The van der Waals surface area contributed by atoms with E-state index in [1.807, 2.05) is 43.3 Å². The van der Waals surface area contributed by atoms with E-state index >= 15 is 0 Å². The first-order valence-electron chi connectivity index (χ1n) is 8.71. The summed E-state index contributed by atoms with van der Waals surface area (Å²) in [7, 11) is 1.61. The Morgan fingerprint density at radius 3 is 2.23 bits per heavy atom. The summed E-state index contributed by atoms with van der Waals surface area (Å²) in [6, 6.07) is 14.9. The van der Waals surface area contributed by atoms with Gasteiger partial charge in [0.2, 0.25) is 5.91 Å². The van der Waals surface area contributed by atoms with Crippen LogP contribution in [0.25, 0.3) is 0 Å². The first kappa shape index (κ1) is 18.4. The van der Waals surface area contributed by atoms with Gasteiger partial charge in [-0.25, -0.2) is 8.78 Å². The molecule has 2 aromatic carbocycles. The van der Waals surface area contributed by atoms with Crippen molar-refractivity contribution in [3.8, 4) is 5.75 Å². The van der Waals surface area contributed by atoms with Gasteiger partial charge in [0.1, 0.15) is 5.75 Å². The summed E-state index contributed by atoms with van der Waals surface area (Å²) in [6.07, 6.45) is -0.231. The predicted octanol–water partition coefficient (Wildman–Crippen LogP) is 4.03. The van der Waals surface area contributed by atoms with Gasteiger partial charge < -0.3 is 10.1 Å². The van der Waals surface area contributed by atoms with Crippen LogP contribution in [-0.4, -0.2) is 25.5 Å². The minimum atomic E-state index is -2.78. The molecule has 0 spiro atoms. The molecule has 0 atom stereocenters. The highest BCUT2D eigenvalue weighted by Crippen LogP contribution is 2.53. The van der Waals surface area contributed by atoms with Crippen LogP contribution in [0.15, 0.2) is 48.5 Å². The zero-order chi connectivity index (χ0) is 18.8. The van der Waals surface area contributed by atoms with Gasteiger partial charge in [0.05, 0.1) is 12.5 Å². The fraction of sp³-hybridized carbons (Fsp3) is 0.381. The van der Waals surface area contributed by atoms with Crippen LogP contribution in [0.3, 0.4) is 0 Å². The third-order valence-corrected chi connectivity index (χ3v) is 5.02. The predicted molar refractivity (Wildman–Crippen MR) is 96.7 cm³/mol. The number of aryl methyl sites for hydroxylation is 1. The van der Waals surface area contributed by atoms with Gasteiger partial charge in [-0.1, -0.05) is 42.0 Å². The molecular formula is C21H23F2NO2. The van der Waals surface area contributed by atoms with Gasteiger partial charge in [-0.2, -0.15) is 0 Å². The lowest BCUT2D eigenvalue weighted by atomic mass is 9.61. The average molecular weight is 359 g/mol. The van der Waals surface area contributed by atoms with Crippen LogP contribution >= 0.6 is 0 Å². The van der Waals surface area contributed by atoms with Gasteiger partial charge in [0.15, 0.2) is 0 Å². The first-order chi connectivity index (χ1) is 12.3. The highest BCUT2D eigenvalue weighted by molar-refractivity contribution is 5.89. The van der Waals surface area contributed by atoms with Gasteiger partial charge in [-0.05, 0) is 36.6 Å². The Kier molecular flexibility index (Phi) is 4.99. The van der Waals surface area contributed by atoms with E-state index in [2.05, 4.69) is 5.32 Å². The largest absolute Gasteiger partial charge is 0.497 e. The first-order valence-corrected chi connectivity index (χ1v) is 8.71. The molecule has 2 aromatic rings. The molecule has 0 heterocycles. The van der Waals surface area contributed by atoms with Crippen molar-refractivity contribution in [1.82, 2.24) is 5.32 Å². The second kappa shape index (κ2) is 7.06. The Morgan fingerprint density at radius 1 is 1.08 bits per heavy atom. The summed E-state index contributed by atoms with van der Waals surface area (Å²) >= 11 is 0. The molecule has 1 aliphatic rings. The molecular weight excluding hydrogens is 336 g/mol. The second-order valence-corrected chi connectivity index (χ2v) is 7.01. The van der Waals surface area contributed by atoms with Gasteiger partial charge in [0, 0.05) is 19.4 Å². The van der Waals surface area contributed by atoms with Crippen LogP contribution in [0.5, 0.6) is 5.75 Å². The molecule has 1 aliphatic carbocycles. The maximum absolute atomic E-state index is 13.6. The fourth-order valence-corrected chi connectivity index (χ4v) is 3.48. The molecule has 3 nitrogen and oxygen atoms in total. The Bertz CT molecular complexity index is 762. The Labute approximate surface area is 152 Å². The standard InChI is InChI=1S/C21H23F2NO2/c1-15-3-7-17(8-4-15)20(13-21(22,23)14-20)19(25)24-12-11-16-5-9-18(26-2)10-6-16/h3-10H,11-14H2,1-2H3,(H,24,25). The molecule has 1 saturated carbocycles. The Balaban J connectivity index is 1.65. The van der Waals surface area contributed by atoms with E-state index in [0.29, 0.717) is 18.5 Å². The number of benzene rings is 2. The third-order valence-electron chi connectivity index (χ3n) is 5.02. The molecule has 5 heteroatoms. The summed E-state index contributed by atoms with van der Waals surface area (Å²) in [4.78, 5) is 12.7.